The average molecular weight is 293 g/mol. The quantitative estimate of drug-likeness (QED) is 0.661. The Kier molecular flexibility index (Phi) is 8.21. The van der Waals surface area contributed by atoms with Crippen LogP contribution in [-0.4, -0.2) is 26.3 Å². The van der Waals surface area contributed by atoms with E-state index in [0.29, 0.717) is 12.0 Å². The highest BCUT2D eigenvalue weighted by Gasteiger charge is 2.22. The predicted molar refractivity (Wildman–Crippen MR) is 89.3 cm³/mol. The molecule has 0 radical (unpaired) electrons. The Morgan fingerprint density at radius 3 is 2.24 bits per heavy atom. The Labute approximate surface area is 130 Å². The van der Waals surface area contributed by atoms with Gasteiger partial charge in [-0.1, -0.05) is 39.3 Å². The summed E-state index contributed by atoms with van der Waals surface area (Å²) >= 11 is 0. The summed E-state index contributed by atoms with van der Waals surface area (Å²) in [5.41, 5.74) is 0.297. The van der Waals surface area contributed by atoms with Crippen LogP contribution in [0, 0.1) is 5.41 Å². The molecule has 3 nitrogen and oxygen atoms in total. The Morgan fingerprint density at radius 1 is 1.00 bits per heavy atom. The number of ether oxygens (including phenoxy) is 2. The molecule has 1 unspecified atom stereocenters. The normalized spacial score (nSPS) is 13.7. The number of para-hydroxylation sites is 2. The molecule has 0 saturated carbocycles. The molecule has 0 aromatic heterocycles. The molecule has 1 rings (SSSR count). The maximum absolute atomic E-state index is 5.96. The minimum absolute atomic E-state index is 0.297. The Bertz CT molecular complexity index is 395. The largest absolute Gasteiger partial charge is 0.490 e. The molecule has 120 valence electrons. The van der Waals surface area contributed by atoms with E-state index in [2.05, 4.69) is 26.1 Å². The molecule has 1 atom stereocenters. The Balaban J connectivity index is 2.53. The van der Waals surface area contributed by atoms with Crippen LogP contribution >= 0.6 is 0 Å². The summed E-state index contributed by atoms with van der Waals surface area (Å²) in [6.45, 7) is 12.2. The number of benzene rings is 1. The molecule has 21 heavy (non-hydrogen) atoms. The van der Waals surface area contributed by atoms with Crippen molar-refractivity contribution < 1.29 is 9.47 Å². The predicted octanol–water partition coefficient (Wildman–Crippen LogP) is 4.27. The molecule has 0 aliphatic heterocycles. The van der Waals surface area contributed by atoms with Gasteiger partial charge in [-0.15, -0.1) is 0 Å². The first-order valence-corrected chi connectivity index (χ1v) is 8.20. The van der Waals surface area contributed by atoms with Gasteiger partial charge in [0.25, 0.3) is 0 Å². The molecule has 0 fully saturated rings. The van der Waals surface area contributed by atoms with Gasteiger partial charge in [0.05, 0.1) is 13.2 Å². The highest BCUT2D eigenvalue weighted by Crippen LogP contribution is 2.30. The van der Waals surface area contributed by atoms with Gasteiger partial charge in [0.2, 0.25) is 0 Å². The van der Waals surface area contributed by atoms with Gasteiger partial charge in [-0.3, -0.25) is 0 Å². The number of hydrogen-bond acceptors (Lipinski definition) is 3. The molecular formula is C18H31NO2. The van der Waals surface area contributed by atoms with E-state index in [-0.39, 0.29) is 0 Å². The summed E-state index contributed by atoms with van der Waals surface area (Å²) in [5, 5.41) is 3.47. The van der Waals surface area contributed by atoms with E-state index in [0.717, 1.165) is 37.6 Å². The standard InChI is InChI=1S/C18H31NO2/c1-5-12-18(4,15-19-6-2)13-14-21-17-11-9-8-10-16(17)20-7-3/h8-11,19H,5-7,12-15H2,1-4H3. The molecule has 0 saturated heterocycles. The van der Waals surface area contributed by atoms with Gasteiger partial charge in [0.15, 0.2) is 11.5 Å². The van der Waals surface area contributed by atoms with E-state index in [1.807, 2.05) is 31.2 Å². The van der Waals surface area contributed by atoms with Crippen molar-refractivity contribution in [2.24, 2.45) is 5.41 Å². The van der Waals surface area contributed by atoms with Crippen molar-refractivity contribution in [3.05, 3.63) is 24.3 Å². The second kappa shape index (κ2) is 9.67. The molecule has 1 aromatic carbocycles. The van der Waals surface area contributed by atoms with Crippen LogP contribution in [0.2, 0.25) is 0 Å². The molecule has 0 bridgehead atoms. The van der Waals surface area contributed by atoms with Crippen LogP contribution in [0.15, 0.2) is 24.3 Å². The molecule has 0 heterocycles. The van der Waals surface area contributed by atoms with Crippen molar-refractivity contribution in [3.63, 3.8) is 0 Å². The van der Waals surface area contributed by atoms with Crippen LogP contribution < -0.4 is 14.8 Å². The van der Waals surface area contributed by atoms with Crippen molar-refractivity contribution in [3.8, 4) is 11.5 Å². The lowest BCUT2D eigenvalue weighted by atomic mass is 9.82. The first-order chi connectivity index (χ1) is 10.1. The van der Waals surface area contributed by atoms with E-state index in [9.17, 15) is 0 Å². The number of rotatable bonds is 11. The van der Waals surface area contributed by atoms with E-state index >= 15 is 0 Å². The molecule has 0 aliphatic rings. The van der Waals surface area contributed by atoms with Crippen LogP contribution in [-0.2, 0) is 0 Å². The van der Waals surface area contributed by atoms with Gasteiger partial charge in [-0.05, 0) is 43.9 Å². The third-order valence-electron chi connectivity index (χ3n) is 3.77. The topological polar surface area (TPSA) is 30.5 Å². The summed E-state index contributed by atoms with van der Waals surface area (Å²) in [7, 11) is 0. The minimum atomic E-state index is 0.297. The monoisotopic (exact) mass is 293 g/mol. The molecule has 3 heteroatoms. The van der Waals surface area contributed by atoms with E-state index in [1.165, 1.54) is 12.8 Å². The lowest BCUT2D eigenvalue weighted by Crippen LogP contribution is -2.33. The second-order valence-electron chi connectivity index (χ2n) is 5.82. The molecule has 0 aliphatic carbocycles. The maximum Gasteiger partial charge on any atom is 0.161 e. The highest BCUT2D eigenvalue weighted by atomic mass is 16.5. The van der Waals surface area contributed by atoms with Crippen molar-refractivity contribution >= 4 is 0 Å². The second-order valence-corrected chi connectivity index (χ2v) is 5.82. The Morgan fingerprint density at radius 2 is 1.67 bits per heavy atom. The van der Waals surface area contributed by atoms with Crippen LogP contribution in [0.5, 0.6) is 11.5 Å². The first-order valence-electron chi connectivity index (χ1n) is 8.20. The van der Waals surface area contributed by atoms with Crippen LogP contribution in [0.25, 0.3) is 0 Å². The highest BCUT2D eigenvalue weighted by molar-refractivity contribution is 5.39. The zero-order valence-corrected chi connectivity index (χ0v) is 14.1. The van der Waals surface area contributed by atoms with Crippen molar-refractivity contribution in [1.29, 1.82) is 0 Å². The van der Waals surface area contributed by atoms with Crippen molar-refractivity contribution in [2.75, 3.05) is 26.3 Å². The van der Waals surface area contributed by atoms with Crippen molar-refractivity contribution in [2.45, 2.75) is 47.0 Å². The molecule has 1 aromatic rings. The van der Waals surface area contributed by atoms with E-state index < -0.39 is 0 Å². The minimum Gasteiger partial charge on any atom is -0.490 e. The van der Waals surface area contributed by atoms with Crippen LogP contribution in [0.3, 0.4) is 0 Å². The first kappa shape index (κ1) is 17.8. The summed E-state index contributed by atoms with van der Waals surface area (Å²) in [6, 6.07) is 7.90. The fourth-order valence-electron chi connectivity index (χ4n) is 2.58. The lowest BCUT2D eigenvalue weighted by molar-refractivity contribution is 0.188. The molecule has 1 N–H and O–H groups in total. The van der Waals surface area contributed by atoms with E-state index in [4.69, 9.17) is 9.47 Å². The van der Waals surface area contributed by atoms with Gasteiger partial charge in [-0.25, -0.2) is 0 Å². The zero-order chi connectivity index (χ0) is 15.6. The zero-order valence-electron chi connectivity index (χ0n) is 14.1. The van der Waals surface area contributed by atoms with Crippen LogP contribution in [0.1, 0.15) is 47.0 Å². The van der Waals surface area contributed by atoms with Crippen LogP contribution in [0.4, 0.5) is 0 Å². The van der Waals surface area contributed by atoms with Gasteiger partial charge in [-0.2, -0.15) is 0 Å². The van der Waals surface area contributed by atoms with Gasteiger partial charge in [0, 0.05) is 6.54 Å². The summed E-state index contributed by atoms with van der Waals surface area (Å²) in [6.07, 6.45) is 3.47. The smallest absolute Gasteiger partial charge is 0.161 e. The number of nitrogens with one attached hydrogen (secondary N) is 1. The Hall–Kier alpha value is -1.22. The maximum atomic E-state index is 5.96. The summed E-state index contributed by atoms with van der Waals surface area (Å²) in [4.78, 5) is 0. The fourth-order valence-corrected chi connectivity index (χ4v) is 2.58. The van der Waals surface area contributed by atoms with Crippen molar-refractivity contribution in [1.82, 2.24) is 5.32 Å². The summed E-state index contributed by atoms with van der Waals surface area (Å²) in [5.74, 6) is 1.69. The molecular weight excluding hydrogens is 262 g/mol. The van der Waals surface area contributed by atoms with Gasteiger partial charge in [0.1, 0.15) is 0 Å². The fraction of sp³-hybridized carbons (Fsp3) is 0.667. The van der Waals surface area contributed by atoms with E-state index in [1.54, 1.807) is 0 Å². The van der Waals surface area contributed by atoms with Gasteiger partial charge < -0.3 is 14.8 Å². The number of hydrogen-bond donors (Lipinski definition) is 1. The molecule has 0 spiro atoms. The average Bonchev–Trinajstić information content (AvgIpc) is 2.48. The third kappa shape index (κ3) is 6.38. The third-order valence-corrected chi connectivity index (χ3v) is 3.77. The summed E-state index contributed by atoms with van der Waals surface area (Å²) < 4.78 is 11.6. The SMILES string of the molecule is CCCC(C)(CCOc1ccccc1OCC)CNCC. The van der Waals surface area contributed by atoms with Gasteiger partial charge >= 0.3 is 0 Å². The lowest BCUT2D eigenvalue weighted by Gasteiger charge is -2.29. The molecule has 0 amide bonds.